The van der Waals surface area contributed by atoms with Crippen LogP contribution in [0.4, 0.5) is 23.7 Å². The van der Waals surface area contributed by atoms with Crippen LogP contribution in [0.5, 0.6) is 0 Å². The number of nitrogens with zero attached hydrogens (tertiary/aromatic N) is 7. The Labute approximate surface area is 328 Å². The van der Waals surface area contributed by atoms with Crippen LogP contribution >= 0.6 is 0 Å². The van der Waals surface area contributed by atoms with E-state index in [-0.39, 0.29) is 70.7 Å². The first kappa shape index (κ1) is 36.3. The van der Waals surface area contributed by atoms with Crippen molar-refractivity contribution in [2.45, 2.75) is 44.2 Å². The van der Waals surface area contributed by atoms with Gasteiger partial charge in [-0.15, -0.1) is 5.10 Å². The Balaban J connectivity index is 0.964. The molecule has 5 heterocycles. The summed E-state index contributed by atoms with van der Waals surface area (Å²) in [5, 5.41) is 48.7. The highest BCUT2D eigenvalue weighted by atomic mass is 19.1. The molecule has 12 nitrogen and oxygen atoms in total. The number of anilines is 1. The number of hydrogen-bond donors (Lipinski definition) is 3. The van der Waals surface area contributed by atoms with Crippen molar-refractivity contribution in [2.75, 3.05) is 50.7 Å². The van der Waals surface area contributed by atoms with Crippen molar-refractivity contribution in [1.29, 1.82) is 15.8 Å². The van der Waals surface area contributed by atoms with Gasteiger partial charge < -0.3 is 20.7 Å². The van der Waals surface area contributed by atoms with Crippen LogP contribution in [-0.4, -0.2) is 73.0 Å². The quantitative estimate of drug-likeness (QED) is 0.207. The summed E-state index contributed by atoms with van der Waals surface area (Å²) >= 11 is 0. The molecule has 4 aliphatic heterocycles. The summed E-state index contributed by atoms with van der Waals surface area (Å²) in [6.45, 7) is 4.56. The van der Waals surface area contributed by atoms with Crippen LogP contribution in [0.25, 0.3) is 11.1 Å². The Morgan fingerprint density at radius 2 is 1.54 bits per heavy atom. The first-order valence-corrected chi connectivity index (χ1v) is 20.1. The van der Waals surface area contributed by atoms with Crippen molar-refractivity contribution < 1.29 is 22.7 Å². The number of hydrogen-bond acceptors (Lipinski definition) is 10. The first-order chi connectivity index (χ1) is 27.7. The number of fused-ring (bicyclic) bond motifs is 3. The van der Waals surface area contributed by atoms with Crippen molar-refractivity contribution in [2.24, 2.45) is 57.7 Å². The highest BCUT2D eigenvalue weighted by Gasteiger charge is 2.78. The van der Waals surface area contributed by atoms with Gasteiger partial charge in [-0.1, -0.05) is 30.2 Å². The molecule has 3 saturated carbocycles. The molecule has 15 heteroatoms. The zero-order valence-corrected chi connectivity index (χ0v) is 31.3. The Morgan fingerprint density at radius 3 is 2.19 bits per heavy atom. The van der Waals surface area contributed by atoms with Gasteiger partial charge in [0, 0.05) is 42.1 Å². The fourth-order valence-corrected chi connectivity index (χ4v) is 12.6. The van der Waals surface area contributed by atoms with E-state index in [9.17, 15) is 20.6 Å². The molecule has 3 aromatic rings. The third-order valence-corrected chi connectivity index (χ3v) is 15.4. The van der Waals surface area contributed by atoms with Crippen LogP contribution in [0.15, 0.2) is 42.7 Å². The molecule has 294 valence electrons. The van der Waals surface area contributed by atoms with Crippen LogP contribution in [0.3, 0.4) is 0 Å². The summed E-state index contributed by atoms with van der Waals surface area (Å²) in [5.74, 6) is -2.87. The molecule has 0 bridgehead atoms. The molecule has 2 aromatic carbocycles. The van der Waals surface area contributed by atoms with Crippen molar-refractivity contribution in [3.63, 3.8) is 0 Å². The molecule has 4 saturated heterocycles. The van der Waals surface area contributed by atoms with Crippen molar-refractivity contribution in [1.82, 2.24) is 30.9 Å². The maximum absolute atomic E-state index is 17.0. The molecule has 3 N–H and O–H groups in total. The minimum Gasteiger partial charge on any atom is -0.442 e. The van der Waals surface area contributed by atoms with E-state index in [1.807, 2.05) is 0 Å². The standard InChI is InChI=1S/C42H43F3N10O2/c43-34-9-23(37-35(44)10-24(11-36(37)45)55-19-25(57-39(55)56)18-54-8-7-52-53-54)4-5-26(34)38(42-22-51-17-33(42)30(42)14-48)27(41-21-50-16-32(41)29(41)13-47)3-1-2-6-40-20-49-15-31(40)28(40)12-46/h4-5,7-11,25,27-33,38,49-51H,1-3,6,15-22H2/t25-,27?,28?,29?,30?,31?,32?,33?,38?,40?,41?,42?/m0/s1. The Hall–Kier alpha value is -5.01. The smallest absolute Gasteiger partial charge is 0.414 e. The minimum atomic E-state index is -0.952. The lowest BCUT2D eigenvalue weighted by Gasteiger charge is -2.39. The predicted octanol–water partition coefficient (Wildman–Crippen LogP) is 4.73. The third kappa shape index (κ3) is 5.30. The van der Waals surface area contributed by atoms with Gasteiger partial charge >= 0.3 is 6.09 Å². The second kappa shape index (κ2) is 13.3. The number of carbonyl (C=O) groups excluding carboxylic acids is 1. The Morgan fingerprint density at radius 1 is 0.860 bits per heavy atom. The first-order valence-electron chi connectivity index (χ1n) is 20.1. The van der Waals surface area contributed by atoms with Gasteiger partial charge in [0.1, 0.15) is 23.6 Å². The van der Waals surface area contributed by atoms with Crippen molar-refractivity contribution in [3.8, 4) is 29.3 Å². The molecule has 0 spiro atoms. The van der Waals surface area contributed by atoms with Gasteiger partial charge in [-0.2, -0.15) is 15.8 Å². The summed E-state index contributed by atoms with van der Waals surface area (Å²) in [5.41, 5.74) is -0.888. The molecule has 1 amide bonds. The van der Waals surface area contributed by atoms with E-state index in [1.54, 1.807) is 18.3 Å². The van der Waals surface area contributed by atoms with Crippen LogP contribution < -0.4 is 20.9 Å². The molecular formula is C42H43F3N10O2. The van der Waals surface area contributed by atoms with Gasteiger partial charge in [-0.3, -0.25) is 4.90 Å². The molecule has 7 aliphatic rings. The van der Waals surface area contributed by atoms with E-state index >= 15 is 13.2 Å². The summed E-state index contributed by atoms with van der Waals surface area (Å²) in [7, 11) is 0. The monoisotopic (exact) mass is 776 g/mol. The van der Waals surface area contributed by atoms with Crippen LogP contribution in [0.1, 0.15) is 37.2 Å². The lowest BCUT2D eigenvalue weighted by molar-refractivity contribution is 0.129. The van der Waals surface area contributed by atoms with Crippen LogP contribution in [-0.2, 0) is 11.3 Å². The summed E-state index contributed by atoms with van der Waals surface area (Å²) < 4.78 is 55.8. The van der Waals surface area contributed by atoms with E-state index in [0.717, 1.165) is 55.8 Å². The number of carbonyl (C=O) groups is 1. The number of nitrogens with one attached hydrogen (secondary N) is 3. The van der Waals surface area contributed by atoms with E-state index < -0.39 is 46.5 Å². The van der Waals surface area contributed by atoms with Gasteiger partial charge in [0.25, 0.3) is 0 Å². The molecule has 11 unspecified atom stereocenters. The molecule has 3 aliphatic carbocycles. The second-order valence-electron chi connectivity index (χ2n) is 17.6. The number of unbranched alkanes of at least 4 members (excludes halogenated alkanes) is 1. The zero-order valence-electron chi connectivity index (χ0n) is 31.3. The van der Waals surface area contributed by atoms with Gasteiger partial charge in [0.15, 0.2) is 0 Å². The van der Waals surface area contributed by atoms with Crippen LogP contribution in [0.2, 0.25) is 0 Å². The van der Waals surface area contributed by atoms with Crippen molar-refractivity contribution in [3.05, 3.63) is 65.7 Å². The van der Waals surface area contributed by atoms with Crippen LogP contribution in [0, 0.1) is 109 Å². The summed E-state index contributed by atoms with van der Waals surface area (Å²) in [6, 6.07) is 14.2. The molecule has 1 aromatic heterocycles. The lowest BCUT2D eigenvalue weighted by Crippen LogP contribution is -2.38. The van der Waals surface area contributed by atoms with Gasteiger partial charge in [0.05, 0.1) is 66.5 Å². The SMILES string of the molecule is N#CC1C2CNCC12CCCCC(C(c1ccc(-c2c(F)cc(N3C[C@H](Cn4ccnn4)OC3=O)cc2F)cc1F)C12CNCC1C2C#N)C12CNCC1C2C#N. The number of aromatic nitrogens is 3. The number of halogens is 3. The van der Waals surface area contributed by atoms with E-state index in [4.69, 9.17) is 4.74 Å². The number of piperidine rings is 3. The second-order valence-corrected chi connectivity index (χ2v) is 17.6. The predicted molar refractivity (Wildman–Crippen MR) is 198 cm³/mol. The molecule has 10 rings (SSSR count). The number of cyclic esters (lactones) is 1. The van der Waals surface area contributed by atoms with Gasteiger partial charge in [-0.05, 0) is 91.4 Å². The number of rotatable bonds is 13. The average Bonchev–Trinajstić information content (AvgIpc) is 3.67. The van der Waals surface area contributed by atoms with Gasteiger partial charge in [-0.25, -0.2) is 22.6 Å². The molecule has 12 atom stereocenters. The number of nitriles is 3. The highest BCUT2D eigenvalue weighted by molar-refractivity contribution is 5.90. The van der Waals surface area contributed by atoms with E-state index in [2.05, 4.69) is 44.5 Å². The fourth-order valence-electron chi connectivity index (χ4n) is 12.6. The topological polar surface area (TPSA) is 168 Å². The van der Waals surface area contributed by atoms with Gasteiger partial charge in [0.2, 0.25) is 0 Å². The number of ether oxygens (including phenoxy) is 1. The Bertz CT molecular complexity index is 2230. The highest BCUT2D eigenvalue weighted by Crippen LogP contribution is 2.76. The summed E-state index contributed by atoms with van der Waals surface area (Å²) in [4.78, 5) is 13.9. The molecule has 57 heavy (non-hydrogen) atoms. The Kier molecular flexibility index (Phi) is 8.46. The molecule has 0 radical (unpaired) electrons. The minimum absolute atomic E-state index is 0.0164. The average molecular weight is 777 g/mol. The maximum Gasteiger partial charge on any atom is 0.414 e. The third-order valence-electron chi connectivity index (χ3n) is 15.4. The largest absolute Gasteiger partial charge is 0.442 e. The van der Waals surface area contributed by atoms with Crippen molar-refractivity contribution >= 4 is 11.8 Å². The summed E-state index contributed by atoms with van der Waals surface area (Å²) in [6.07, 6.45) is 5.20. The van der Waals surface area contributed by atoms with E-state index in [0.29, 0.717) is 37.7 Å². The lowest BCUT2D eigenvalue weighted by atomic mass is 9.64. The zero-order chi connectivity index (χ0) is 39.3. The fraction of sp³-hybridized carbons (Fsp3) is 0.571. The number of benzene rings is 2. The maximum atomic E-state index is 17.0. The molecule has 7 fully saturated rings. The van der Waals surface area contributed by atoms with E-state index in [1.165, 1.54) is 16.9 Å². The number of amides is 1. The normalized spacial score (nSPS) is 36.3. The molecular weight excluding hydrogens is 734 g/mol.